The van der Waals surface area contributed by atoms with Crippen molar-refractivity contribution in [2.45, 2.75) is 19.8 Å². The van der Waals surface area contributed by atoms with Crippen molar-refractivity contribution in [3.8, 4) is 11.5 Å². The molecule has 0 unspecified atom stereocenters. The molecule has 1 aromatic rings. The molecule has 2 heterocycles. The molecule has 16 heavy (non-hydrogen) atoms. The number of hydrogen-bond donors (Lipinski definition) is 0. The van der Waals surface area contributed by atoms with E-state index in [-0.39, 0.29) is 0 Å². The van der Waals surface area contributed by atoms with Crippen molar-refractivity contribution in [3.05, 3.63) is 23.3 Å². The summed E-state index contributed by atoms with van der Waals surface area (Å²) in [4.78, 5) is 4.46. The van der Waals surface area contributed by atoms with Crippen molar-refractivity contribution >= 4 is 5.71 Å². The Bertz CT molecular complexity index is 451. The zero-order chi connectivity index (χ0) is 11.0. The van der Waals surface area contributed by atoms with Crippen LogP contribution in [0.4, 0.5) is 0 Å². The molecule has 2 aliphatic heterocycles. The molecule has 0 bridgehead atoms. The van der Waals surface area contributed by atoms with Crippen LogP contribution in [0.1, 0.15) is 24.5 Å². The summed E-state index contributed by atoms with van der Waals surface area (Å²) in [5, 5.41) is 0. The minimum absolute atomic E-state index is 0.738. The quantitative estimate of drug-likeness (QED) is 0.667. The molecule has 0 N–H and O–H groups in total. The molecule has 2 aliphatic rings. The van der Waals surface area contributed by atoms with Gasteiger partial charge in [0.15, 0.2) is 11.5 Å². The fraction of sp³-hybridized carbons (Fsp3) is 0.462. The van der Waals surface area contributed by atoms with Gasteiger partial charge in [0.25, 0.3) is 0 Å². The fourth-order valence-corrected chi connectivity index (χ4v) is 2.22. The average molecular weight is 217 g/mol. The van der Waals surface area contributed by atoms with Gasteiger partial charge >= 0.3 is 0 Å². The lowest BCUT2D eigenvalue weighted by Crippen LogP contribution is -2.10. The number of nitrogens with zero attached hydrogens (tertiary/aromatic N) is 1. The number of benzene rings is 1. The van der Waals surface area contributed by atoms with Crippen LogP contribution < -0.4 is 9.47 Å². The Morgan fingerprint density at radius 1 is 1.12 bits per heavy atom. The van der Waals surface area contributed by atoms with Crippen LogP contribution in [0.25, 0.3) is 0 Å². The van der Waals surface area contributed by atoms with Gasteiger partial charge in [-0.2, -0.15) is 0 Å². The molecule has 0 fully saturated rings. The first-order chi connectivity index (χ1) is 7.84. The summed E-state index contributed by atoms with van der Waals surface area (Å²) in [7, 11) is 0. The third-order valence-electron chi connectivity index (χ3n) is 3.09. The largest absolute Gasteiger partial charge is 0.490 e. The molecule has 0 atom stereocenters. The van der Waals surface area contributed by atoms with E-state index in [4.69, 9.17) is 9.47 Å². The van der Waals surface area contributed by atoms with Gasteiger partial charge in [-0.1, -0.05) is 0 Å². The van der Waals surface area contributed by atoms with Crippen molar-refractivity contribution in [2.75, 3.05) is 19.8 Å². The highest BCUT2D eigenvalue weighted by Crippen LogP contribution is 2.34. The monoisotopic (exact) mass is 217 g/mol. The molecule has 3 nitrogen and oxygen atoms in total. The van der Waals surface area contributed by atoms with Gasteiger partial charge < -0.3 is 9.47 Å². The highest BCUT2D eigenvalue weighted by molar-refractivity contribution is 6.01. The maximum atomic E-state index is 5.68. The Morgan fingerprint density at radius 2 is 1.88 bits per heavy atom. The average Bonchev–Trinajstić information content (AvgIpc) is 2.52. The van der Waals surface area contributed by atoms with Gasteiger partial charge in [0.05, 0.1) is 13.2 Å². The first-order valence-electron chi connectivity index (χ1n) is 5.78. The number of hydrogen-bond acceptors (Lipinski definition) is 3. The molecule has 84 valence electrons. The first-order valence-corrected chi connectivity index (χ1v) is 5.78. The van der Waals surface area contributed by atoms with Gasteiger partial charge in [-0.3, -0.25) is 4.99 Å². The fourth-order valence-electron chi connectivity index (χ4n) is 2.22. The summed E-state index contributed by atoms with van der Waals surface area (Å²) in [6, 6.07) is 4.20. The van der Waals surface area contributed by atoms with Gasteiger partial charge in [0.2, 0.25) is 0 Å². The van der Waals surface area contributed by atoms with E-state index in [1.54, 1.807) is 0 Å². The van der Waals surface area contributed by atoms with E-state index in [2.05, 4.69) is 24.0 Å². The first kappa shape index (κ1) is 9.70. The maximum Gasteiger partial charge on any atom is 0.161 e. The predicted octanol–water partition coefficient (Wildman–Crippen LogP) is 2.21. The molecule has 0 saturated carbocycles. The lowest BCUT2D eigenvalue weighted by Gasteiger charge is -2.17. The van der Waals surface area contributed by atoms with Crippen molar-refractivity contribution in [1.82, 2.24) is 0 Å². The topological polar surface area (TPSA) is 30.8 Å². The standard InChI is InChI=1S/C13H15NO2/c1-9-11-8-13-12(15-5-2-6-16-13)7-10(11)3-4-14-9/h7-8H,2-6H2,1H3. The molecule has 3 heteroatoms. The summed E-state index contributed by atoms with van der Waals surface area (Å²) in [6.07, 6.45) is 1.95. The molecule has 0 aliphatic carbocycles. The van der Waals surface area contributed by atoms with Gasteiger partial charge in [0.1, 0.15) is 0 Å². The molecule has 0 amide bonds. The van der Waals surface area contributed by atoms with E-state index in [1.807, 2.05) is 0 Å². The van der Waals surface area contributed by atoms with E-state index in [1.165, 1.54) is 11.1 Å². The third kappa shape index (κ3) is 1.56. The second-order valence-corrected chi connectivity index (χ2v) is 4.22. The SMILES string of the molecule is CC1=NCCc2cc3c(cc21)OCCCO3. The van der Waals surface area contributed by atoms with E-state index in [9.17, 15) is 0 Å². The van der Waals surface area contributed by atoms with E-state index >= 15 is 0 Å². The summed E-state index contributed by atoms with van der Waals surface area (Å²) in [5.74, 6) is 1.76. The van der Waals surface area contributed by atoms with Gasteiger partial charge in [-0.25, -0.2) is 0 Å². The number of aliphatic imine (C=N–C) groups is 1. The molecule has 0 radical (unpaired) electrons. The smallest absolute Gasteiger partial charge is 0.161 e. The lowest BCUT2D eigenvalue weighted by atomic mass is 9.97. The lowest BCUT2D eigenvalue weighted by molar-refractivity contribution is 0.297. The predicted molar refractivity (Wildman–Crippen MR) is 62.8 cm³/mol. The van der Waals surface area contributed by atoms with Crippen LogP contribution in [-0.2, 0) is 6.42 Å². The molecule has 0 saturated heterocycles. The van der Waals surface area contributed by atoms with Crippen molar-refractivity contribution in [3.63, 3.8) is 0 Å². The van der Waals surface area contributed by atoms with E-state index in [0.29, 0.717) is 0 Å². The summed E-state index contributed by atoms with van der Waals surface area (Å²) >= 11 is 0. The highest BCUT2D eigenvalue weighted by atomic mass is 16.5. The Labute approximate surface area is 95.1 Å². The van der Waals surface area contributed by atoms with Crippen LogP contribution in [0.5, 0.6) is 11.5 Å². The minimum Gasteiger partial charge on any atom is -0.490 e. The molecule has 0 spiro atoms. The molecule has 1 aromatic carbocycles. The minimum atomic E-state index is 0.738. The number of fused-ring (bicyclic) bond motifs is 2. The van der Waals surface area contributed by atoms with Crippen molar-refractivity contribution in [2.24, 2.45) is 4.99 Å². The summed E-state index contributed by atoms with van der Waals surface area (Å²) in [5.41, 5.74) is 3.66. The highest BCUT2D eigenvalue weighted by Gasteiger charge is 2.17. The Balaban J connectivity index is 2.10. The normalized spacial score (nSPS) is 18.4. The van der Waals surface area contributed by atoms with Gasteiger partial charge in [0, 0.05) is 24.2 Å². The molecular formula is C13H15NO2. The molecule has 0 aromatic heterocycles. The second-order valence-electron chi connectivity index (χ2n) is 4.22. The van der Waals surface area contributed by atoms with Crippen LogP contribution in [0, 0.1) is 0 Å². The Kier molecular flexibility index (Phi) is 2.31. The number of rotatable bonds is 0. The van der Waals surface area contributed by atoms with E-state index in [0.717, 1.165) is 49.8 Å². The van der Waals surface area contributed by atoms with Crippen molar-refractivity contribution in [1.29, 1.82) is 0 Å². The second kappa shape index (κ2) is 3.81. The zero-order valence-electron chi connectivity index (χ0n) is 9.45. The van der Waals surface area contributed by atoms with Gasteiger partial charge in [-0.15, -0.1) is 0 Å². The number of ether oxygens (including phenoxy) is 2. The summed E-state index contributed by atoms with van der Waals surface area (Å²) in [6.45, 7) is 4.43. The Morgan fingerprint density at radius 3 is 2.69 bits per heavy atom. The van der Waals surface area contributed by atoms with Gasteiger partial charge in [-0.05, 0) is 31.0 Å². The van der Waals surface area contributed by atoms with Crippen LogP contribution >= 0.6 is 0 Å². The Hall–Kier alpha value is -1.51. The van der Waals surface area contributed by atoms with Crippen LogP contribution in [-0.4, -0.2) is 25.5 Å². The molecule has 3 rings (SSSR count). The van der Waals surface area contributed by atoms with Crippen LogP contribution in [0.2, 0.25) is 0 Å². The zero-order valence-corrected chi connectivity index (χ0v) is 9.45. The van der Waals surface area contributed by atoms with Crippen LogP contribution in [0.15, 0.2) is 17.1 Å². The van der Waals surface area contributed by atoms with Crippen molar-refractivity contribution < 1.29 is 9.47 Å². The summed E-state index contributed by atoms with van der Waals surface area (Å²) < 4.78 is 11.4. The van der Waals surface area contributed by atoms with Crippen LogP contribution in [0.3, 0.4) is 0 Å². The van der Waals surface area contributed by atoms with E-state index < -0.39 is 0 Å². The molecular weight excluding hydrogens is 202 g/mol. The maximum absolute atomic E-state index is 5.68. The third-order valence-corrected chi connectivity index (χ3v) is 3.09.